The second-order valence-corrected chi connectivity index (χ2v) is 5.24. The molecule has 0 atom stereocenters. The Morgan fingerprint density at radius 2 is 0.784 bits per heavy atom. The maximum Gasteiger partial charge on any atom is 0.373 e. The summed E-state index contributed by atoms with van der Waals surface area (Å²) in [5.74, 6) is -2.20. The topological polar surface area (TPSA) is 211 Å². The van der Waals surface area contributed by atoms with Crippen molar-refractivity contribution < 1.29 is 61.1 Å². The highest BCUT2D eigenvalue weighted by Gasteiger charge is 1.87. The quantitative estimate of drug-likeness (QED) is 0.302. The molecule has 2 aliphatic carbocycles. The van der Waals surface area contributed by atoms with E-state index in [0.29, 0.717) is 0 Å². The van der Waals surface area contributed by atoms with Crippen LogP contribution >= 0.6 is 0 Å². The second-order valence-electron chi connectivity index (χ2n) is 5.24. The molecule has 208 valence electrons. The molecular formula is C25H36O12. The summed E-state index contributed by atoms with van der Waals surface area (Å²) in [4.78, 5) is 84.6. The van der Waals surface area contributed by atoms with E-state index in [1.54, 1.807) is 0 Å². The molecule has 0 aliphatic heterocycles. The third-order valence-corrected chi connectivity index (χ3v) is 2.91. The average molecular weight is 532 g/mol. The molecule has 0 unspecified atom stereocenters. The van der Waals surface area contributed by atoms with Gasteiger partial charge in [-0.25, -0.2) is 9.59 Å². The molecule has 0 fully saturated rings. The van der Waals surface area contributed by atoms with Crippen molar-refractivity contribution >= 4 is 36.5 Å². The van der Waals surface area contributed by atoms with Crippen LogP contribution in [0, 0.1) is 0 Å². The van der Waals surface area contributed by atoms with Crippen molar-refractivity contribution in [2.24, 2.45) is 0 Å². The Labute approximate surface area is 218 Å². The minimum Gasteiger partial charge on any atom is -0.478 e. The zero-order valence-corrected chi connectivity index (χ0v) is 19.7. The van der Waals surface area contributed by atoms with Crippen molar-refractivity contribution in [1.29, 1.82) is 0 Å². The van der Waals surface area contributed by atoms with Crippen LogP contribution in [0.2, 0.25) is 0 Å². The number of rotatable bonds is 3. The van der Waals surface area contributed by atoms with Gasteiger partial charge in [-0.1, -0.05) is 43.9 Å². The molecule has 2 rings (SSSR count). The predicted molar refractivity (Wildman–Crippen MR) is 129 cm³/mol. The summed E-state index contributed by atoms with van der Waals surface area (Å²) in [5.41, 5.74) is 0. The van der Waals surface area contributed by atoms with Gasteiger partial charge in [0.05, 0.1) is 0 Å². The number of hydrogen-bond donors (Lipinski definition) is 2. The molecule has 12 heteroatoms. The van der Waals surface area contributed by atoms with Crippen molar-refractivity contribution in [3.63, 3.8) is 0 Å². The van der Waals surface area contributed by atoms with Gasteiger partial charge in [0.25, 0.3) is 0 Å². The molecule has 37 heavy (non-hydrogen) atoms. The van der Waals surface area contributed by atoms with Crippen LogP contribution in [0.5, 0.6) is 0 Å². The van der Waals surface area contributed by atoms with Crippen LogP contribution in [0.3, 0.4) is 0 Å². The van der Waals surface area contributed by atoms with Gasteiger partial charge in [-0.3, -0.25) is 0 Å². The first-order valence-electron chi connectivity index (χ1n) is 10.9. The number of carboxylic acid groups (broad SMARTS) is 2. The summed E-state index contributed by atoms with van der Waals surface area (Å²) >= 11 is 0. The van der Waals surface area contributed by atoms with Gasteiger partial charge in [0, 0.05) is 15.1 Å². The summed E-state index contributed by atoms with van der Waals surface area (Å²) in [6.07, 6.45) is 25.0. The summed E-state index contributed by atoms with van der Waals surface area (Å²) in [6, 6.07) is 0. The molecule has 0 radical (unpaired) electrons. The molecule has 0 aromatic heterocycles. The minimum absolute atomic E-state index is 0. The van der Waals surface area contributed by atoms with Gasteiger partial charge in [-0.15, -0.1) is 13.2 Å². The Morgan fingerprint density at radius 3 is 0.865 bits per heavy atom. The SMILES string of the molecule is C.C1=CCCCC1.C1=CCCCC1.C=C.O=C(O)/C=C/C=C/C(=O)O.O=C=O.O=C=O.O=C=O.O=C=O.[2H][3H]. The maximum absolute atomic E-state index is 9.78. The van der Waals surface area contributed by atoms with Crippen molar-refractivity contribution in [2.75, 3.05) is 0 Å². The van der Waals surface area contributed by atoms with Gasteiger partial charge >= 0.3 is 36.5 Å². The molecule has 0 saturated carbocycles. The maximum atomic E-state index is 9.78. The molecule has 0 spiro atoms. The molecule has 0 aromatic rings. The highest BCUT2D eigenvalue weighted by molar-refractivity contribution is 5.82. The first-order valence-corrected chi connectivity index (χ1v) is 9.87. The predicted octanol–water partition coefficient (Wildman–Crippen LogP) is 3.85. The fraction of sp³-hybridized carbons (Fsp3) is 0.360. The average Bonchev–Trinajstić information content (AvgIpc) is 2.93. The van der Waals surface area contributed by atoms with E-state index in [4.69, 9.17) is 51.5 Å². The van der Waals surface area contributed by atoms with Gasteiger partial charge in [0.1, 0.15) is 0 Å². The number of hydrogen-bond acceptors (Lipinski definition) is 10. The minimum atomic E-state index is -1.10. The molecule has 0 aromatic carbocycles. The van der Waals surface area contributed by atoms with Crippen LogP contribution in [-0.4, -0.2) is 46.8 Å². The third-order valence-electron chi connectivity index (χ3n) is 2.91. The Balaban J connectivity index is -0.0000000491. The molecule has 0 bridgehead atoms. The van der Waals surface area contributed by atoms with Crippen molar-refractivity contribution in [1.82, 2.24) is 0 Å². The summed E-state index contributed by atoms with van der Waals surface area (Å²) in [7, 11) is 0. The summed E-state index contributed by atoms with van der Waals surface area (Å²) in [5, 5.41) is 16.0. The van der Waals surface area contributed by atoms with Crippen LogP contribution in [0.25, 0.3) is 0 Å². The zero-order valence-electron chi connectivity index (χ0n) is 21.7. The van der Waals surface area contributed by atoms with E-state index in [0.717, 1.165) is 24.3 Å². The lowest BCUT2D eigenvalue weighted by atomic mass is 10.1. The second kappa shape index (κ2) is 63.3. The van der Waals surface area contributed by atoms with Gasteiger partial charge in [0.2, 0.25) is 0 Å². The van der Waals surface area contributed by atoms with E-state index in [-0.39, 0.29) is 32.0 Å². The Morgan fingerprint density at radius 1 is 0.622 bits per heavy atom. The van der Waals surface area contributed by atoms with E-state index in [1.165, 1.54) is 51.4 Å². The zero-order chi connectivity index (χ0) is 31.3. The largest absolute Gasteiger partial charge is 0.478 e. The van der Waals surface area contributed by atoms with E-state index in [1.807, 2.05) is 0 Å². The van der Waals surface area contributed by atoms with Crippen LogP contribution in [0.4, 0.5) is 0 Å². The van der Waals surface area contributed by atoms with Crippen LogP contribution in [-0.2, 0) is 47.9 Å². The van der Waals surface area contributed by atoms with Crippen LogP contribution < -0.4 is 0 Å². The van der Waals surface area contributed by atoms with Crippen LogP contribution in [0.1, 0.15) is 61.8 Å². The van der Waals surface area contributed by atoms with Crippen molar-refractivity contribution in [3.8, 4) is 0 Å². The number of carbonyl (C=O) groups excluding carboxylic acids is 8. The molecule has 0 saturated heterocycles. The standard InChI is InChI=1S/C6H6O4.2C6H10.C2H4.4CO2.CH4.H2/c7-5(8)3-1-2-4-6(9)10;2*1-2-4-6-5-3-1;1-2;4*2-1-3;;/h1-4H,(H,7,8)(H,9,10);2*1-2H,3-6H2;1-2H2;;;;;1H4;1H/b3-1+,4-2+;;;;;;;;;/i;;;;;;;;;1+2D. The Kier molecular flexibility index (Phi) is 78.1. The molecule has 0 heterocycles. The van der Waals surface area contributed by atoms with Gasteiger partial charge < -0.3 is 10.2 Å². The fourth-order valence-electron chi connectivity index (χ4n) is 1.80. The number of aliphatic carboxylic acids is 2. The lowest BCUT2D eigenvalue weighted by Crippen LogP contribution is -1.86. The molecular weight excluding hydrogens is 492 g/mol. The molecule has 0 amide bonds. The highest BCUT2D eigenvalue weighted by Crippen LogP contribution is 2.07. The smallest absolute Gasteiger partial charge is 0.373 e. The fourth-order valence-corrected chi connectivity index (χ4v) is 1.80. The number of allylic oxidation sites excluding steroid dienone is 6. The van der Waals surface area contributed by atoms with Gasteiger partial charge in [0.15, 0.2) is 0 Å². The molecule has 12 nitrogen and oxygen atoms in total. The third kappa shape index (κ3) is 132. The lowest BCUT2D eigenvalue weighted by molar-refractivity contribution is -0.193. The summed E-state index contributed by atoms with van der Waals surface area (Å²) < 4.78 is 10.0. The highest BCUT2D eigenvalue weighted by atomic mass is 16.4. The van der Waals surface area contributed by atoms with Crippen molar-refractivity contribution in [2.45, 2.75) is 58.8 Å². The Hall–Kier alpha value is -4.84. The van der Waals surface area contributed by atoms with E-state index in [2.05, 4.69) is 37.5 Å². The van der Waals surface area contributed by atoms with E-state index >= 15 is 0 Å². The first-order chi connectivity index (χ1) is 18.3. The number of carboxylic acids is 2. The Bertz CT molecular complexity index is 660. The molecule has 2 aliphatic rings. The first kappa shape index (κ1) is 45.6. The molecule has 2 N–H and O–H groups in total. The van der Waals surface area contributed by atoms with Crippen molar-refractivity contribution in [3.05, 3.63) is 61.8 Å². The number of carbonyl (C=O) groups is 2. The lowest BCUT2D eigenvalue weighted by Gasteiger charge is -1.97. The van der Waals surface area contributed by atoms with Gasteiger partial charge in [-0.05, 0) is 51.4 Å². The monoisotopic (exact) mass is 531 g/mol. The van der Waals surface area contributed by atoms with Crippen LogP contribution in [0.15, 0.2) is 61.8 Å². The van der Waals surface area contributed by atoms with Gasteiger partial charge in [-0.2, -0.15) is 38.4 Å². The normalized spacial score (nSPS) is 11.0. The van der Waals surface area contributed by atoms with E-state index < -0.39 is 11.9 Å². The van der Waals surface area contributed by atoms with E-state index in [9.17, 15) is 9.59 Å². The summed E-state index contributed by atoms with van der Waals surface area (Å²) in [6.45, 7) is 6.00.